The molecule has 1 heterocycles. The molecule has 0 bridgehead atoms. The molecule has 0 saturated carbocycles. The van der Waals surface area contributed by atoms with Gasteiger partial charge in [0, 0.05) is 5.56 Å². The molecule has 0 fully saturated rings. The number of hydrogen-bond donors (Lipinski definition) is 2. The number of ether oxygens (including phenoxy) is 1. The number of hydrazine groups is 1. The summed E-state index contributed by atoms with van der Waals surface area (Å²) < 4.78 is 7.06. The Morgan fingerprint density at radius 2 is 1.61 bits per heavy atom. The molecule has 3 aromatic rings. The second-order valence-electron chi connectivity index (χ2n) is 6.16. The van der Waals surface area contributed by atoms with Crippen LogP contribution in [0.15, 0.2) is 54.6 Å². The van der Waals surface area contributed by atoms with Crippen molar-refractivity contribution in [2.45, 2.75) is 20.8 Å². The molecule has 7 heteroatoms. The molecule has 0 unspecified atom stereocenters. The number of carbonyl (C=O) groups excluding carboxylic acids is 2. The molecule has 0 aliphatic heterocycles. The topological polar surface area (TPSA) is 85.2 Å². The summed E-state index contributed by atoms with van der Waals surface area (Å²) in [5.41, 5.74) is 7.87. The maximum Gasteiger partial charge on any atom is 0.273 e. The Labute approximate surface area is 163 Å². The van der Waals surface area contributed by atoms with Crippen LogP contribution in [-0.2, 0) is 0 Å². The fraction of sp³-hybridized carbons (Fsp3) is 0.190. The lowest BCUT2D eigenvalue weighted by Gasteiger charge is -2.09. The second-order valence-corrected chi connectivity index (χ2v) is 6.16. The van der Waals surface area contributed by atoms with E-state index in [-0.39, 0.29) is 0 Å². The SMILES string of the molecule is CCOc1ccc(C(=O)NNC(=O)c2c(C)nn(-c3ccccc3)c2C)cc1. The molecular formula is C21H22N4O3. The summed E-state index contributed by atoms with van der Waals surface area (Å²) in [4.78, 5) is 24.9. The van der Waals surface area contributed by atoms with Crippen molar-refractivity contribution in [3.05, 3.63) is 77.1 Å². The van der Waals surface area contributed by atoms with E-state index in [1.54, 1.807) is 35.9 Å². The zero-order valence-corrected chi connectivity index (χ0v) is 16.0. The van der Waals surface area contributed by atoms with E-state index in [1.165, 1.54) is 0 Å². The van der Waals surface area contributed by atoms with E-state index in [0.717, 1.165) is 5.69 Å². The molecule has 0 saturated heterocycles. The molecule has 2 amide bonds. The van der Waals surface area contributed by atoms with Gasteiger partial charge < -0.3 is 4.74 Å². The molecule has 2 aromatic carbocycles. The van der Waals surface area contributed by atoms with Crippen LogP contribution in [0.5, 0.6) is 5.75 Å². The molecule has 2 N–H and O–H groups in total. The van der Waals surface area contributed by atoms with Gasteiger partial charge in [0.2, 0.25) is 0 Å². The van der Waals surface area contributed by atoms with E-state index in [1.807, 2.05) is 44.2 Å². The summed E-state index contributed by atoms with van der Waals surface area (Å²) in [5.74, 6) is -0.152. The van der Waals surface area contributed by atoms with Crippen LogP contribution in [0.25, 0.3) is 5.69 Å². The molecule has 7 nitrogen and oxygen atoms in total. The number of para-hydroxylation sites is 1. The molecule has 3 rings (SSSR count). The molecule has 0 aliphatic carbocycles. The third-order valence-electron chi connectivity index (χ3n) is 4.24. The standard InChI is InChI=1S/C21H22N4O3/c1-4-28-18-12-10-16(11-13-18)20(26)22-23-21(27)19-14(2)24-25(15(19)3)17-8-6-5-7-9-17/h5-13H,4H2,1-3H3,(H,22,26)(H,23,27). The summed E-state index contributed by atoms with van der Waals surface area (Å²) in [5, 5.41) is 4.44. The largest absolute Gasteiger partial charge is 0.494 e. The number of aromatic nitrogens is 2. The monoisotopic (exact) mass is 378 g/mol. The Hall–Kier alpha value is -3.61. The summed E-state index contributed by atoms with van der Waals surface area (Å²) in [6.45, 7) is 6.02. The number of nitrogens with one attached hydrogen (secondary N) is 2. The van der Waals surface area contributed by atoms with E-state index in [0.29, 0.717) is 34.9 Å². The minimum atomic E-state index is -0.420. The third kappa shape index (κ3) is 4.03. The van der Waals surface area contributed by atoms with Crippen LogP contribution < -0.4 is 15.6 Å². The average Bonchev–Trinajstić information content (AvgIpc) is 3.01. The first kappa shape index (κ1) is 19.2. The minimum Gasteiger partial charge on any atom is -0.494 e. The molecule has 144 valence electrons. The quantitative estimate of drug-likeness (QED) is 0.669. The van der Waals surface area contributed by atoms with Gasteiger partial charge >= 0.3 is 0 Å². The van der Waals surface area contributed by atoms with Gasteiger partial charge in [-0.05, 0) is 57.2 Å². The summed E-state index contributed by atoms with van der Waals surface area (Å²) in [6, 6.07) is 16.2. The summed E-state index contributed by atoms with van der Waals surface area (Å²) in [7, 11) is 0. The number of aryl methyl sites for hydroxylation is 1. The zero-order chi connectivity index (χ0) is 20.1. The fourth-order valence-electron chi connectivity index (χ4n) is 2.91. The number of rotatable bonds is 5. The average molecular weight is 378 g/mol. The Balaban J connectivity index is 1.70. The lowest BCUT2D eigenvalue weighted by Crippen LogP contribution is -2.42. The van der Waals surface area contributed by atoms with Gasteiger partial charge in [-0.2, -0.15) is 5.10 Å². The molecule has 0 spiro atoms. The number of carbonyl (C=O) groups is 2. The van der Waals surface area contributed by atoms with Crippen LogP contribution in [-0.4, -0.2) is 28.2 Å². The zero-order valence-electron chi connectivity index (χ0n) is 16.0. The Morgan fingerprint density at radius 3 is 2.25 bits per heavy atom. The highest BCUT2D eigenvalue weighted by Gasteiger charge is 2.20. The van der Waals surface area contributed by atoms with E-state index in [2.05, 4.69) is 16.0 Å². The lowest BCUT2D eigenvalue weighted by molar-refractivity contribution is 0.0846. The van der Waals surface area contributed by atoms with Crippen LogP contribution >= 0.6 is 0 Å². The molecule has 28 heavy (non-hydrogen) atoms. The van der Waals surface area contributed by atoms with Gasteiger partial charge in [-0.1, -0.05) is 18.2 Å². The summed E-state index contributed by atoms with van der Waals surface area (Å²) in [6.07, 6.45) is 0. The normalized spacial score (nSPS) is 10.4. The maximum absolute atomic E-state index is 12.6. The number of nitrogens with zero attached hydrogens (tertiary/aromatic N) is 2. The van der Waals surface area contributed by atoms with Crippen LogP contribution in [0.2, 0.25) is 0 Å². The van der Waals surface area contributed by atoms with Gasteiger partial charge in [-0.3, -0.25) is 20.4 Å². The Bertz CT molecular complexity index is 979. The van der Waals surface area contributed by atoms with Crippen molar-refractivity contribution in [3.8, 4) is 11.4 Å². The predicted molar refractivity (Wildman–Crippen MR) is 106 cm³/mol. The van der Waals surface area contributed by atoms with Gasteiger partial charge in [-0.15, -0.1) is 0 Å². The maximum atomic E-state index is 12.6. The van der Waals surface area contributed by atoms with Gasteiger partial charge in [0.25, 0.3) is 11.8 Å². The highest BCUT2D eigenvalue weighted by Crippen LogP contribution is 2.17. The Kier molecular flexibility index (Phi) is 5.74. The van der Waals surface area contributed by atoms with Crippen LogP contribution in [0.3, 0.4) is 0 Å². The molecule has 0 aliphatic rings. The van der Waals surface area contributed by atoms with Crippen LogP contribution in [0.1, 0.15) is 39.0 Å². The molecule has 0 atom stereocenters. The Morgan fingerprint density at radius 1 is 0.964 bits per heavy atom. The van der Waals surface area contributed by atoms with Crippen molar-refractivity contribution >= 4 is 11.8 Å². The third-order valence-corrected chi connectivity index (χ3v) is 4.24. The lowest BCUT2D eigenvalue weighted by atomic mass is 10.2. The first-order valence-corrected chi connectivity index (χ1v) is 8.96. The van der Waals surface area contributed by atoms with Crippen molar-refractivity contribution in [1.29, 1.82) is 0 Å². The van der Waals surface area contributed by atoms with Crippen molar-refractivity contribution in [1.82, 2.24) is 20.6 Å². The molecule has 0 radical (unpaired) electrons. The predicted octanol–water partition coefficient (Wildman–Crippen LogP) is 2.96. The van der Waals surface area contributed by atoms with Gasteiger partial charge in [0.15, 0.2) is 0 Å². The van der Waals surface area contributed by atoms with E-state index < -0.39 is 11.8 Å². The number of hydrogen-bond acceptors (Lipinski definition) is 4. The van der Waals surface area contributed by atoms with Crippen molar-refractivity contribution in [3.63, 3.8) is 0 Å². The highest BCUT2D eigenvalue weighted by atomic mass is 16.5. The highest BCUT2D eigenvalue weighted by molar-refractivity contribution is 6.00. The molecular weight excluding hydrogens is 356 g/mol. The first-order valence-electron chi connectivity index (χ1n) is 8.96. The summed E-state index contributed by atoms with van der Waals surface area (Å²) >= 11 is 0. The number of benzene rings is 2. The van der Waals surface area contributed by atoms with Crippen LogP contribution in [0.4, 0.5) is 0 Å². The van der Waals surface area contributed by atoms with Crippen molar-refractivity contribution in [2.24, 2.45) is 0 Å². The fourth-order valence-corrected chi connectivity index (χ4v) is 2.91. The van der Waals surface area contributed by atoms with Gasteiger partial charge in [0.05, 0.1) is 29.2 Å². The minimum absolute atomic E-state index is 0.414. The van der Waals surface area contributed by atoms with Gasteiger partial charge in [-0.25, -0.2) is 4.68 Å². The van der Waals surface area contributed by atoms with Crippen molar-refractivity contribution < 1.29 is 14.3 Å². The van der Waals surface area contributed by atoms with Crippen molar-refractivity contribution in [2.75, 3.05) is 6.61 Å². The molecule has 1 aromatic heterocycles. The van der Waals surface area contributed by atoms with E-state index in [9.17, 15) is 9.59 Å². The van der Waals surface area contributed by atoms with Gasteiger partial charge in [0.1, 0.15) is 5.75 Å². The number of amides is 2. The first-order chi connectivity index (χ1) is 13.5. The second kappa shape index (κ2) is 8.39. The van der Waals surface area contributed by atoms with E-state index in [4.69, 9.17) is 4.74 Å². The smallest absolute Gasteiger partial charge is 0.273 e. The van der Waals surface area contributed by atoms with Crippen LogP contribution in [0, 0.1) is 13.8 Å². The van der Waals surface area contributed by atoms with E-state index >= 15 is 0 Å².